The van der Waals surface area contributed by atoms with Crippen molar-refractivity contribution in [2.24, 2.45) is 0 Å². The Morgan fingerprint density at radius 1 is 0.964 bits per heavy atom. The molecule has 0 radical (unpaired) electrons. The highest BCUT2D eigenvalue weighted by Gasteiger charge is 2.27. The molecule has 3 aromatic rings. The van der Waals surface area contributed by atoms with Crippen molar-refractivity contribution < 1.29 is 22.3 Å². The summed E-state index contributed by atoms with van der Waals surface area (Å²) in [6.45, 7) is -0.167. The molecule has 0 saturated heterocycles. The zero-order valence-electron chi connectivity index (χ0n) is 15.1. The molecular formula is C21H18FNO4S. The van der Waals surface area contributed by atoms with E-state index in [9.17, 15) is 17.6 Å². The van der Waals surface area contributed by atoms with Gasteiger partial charge >= 0.3 is 5.97 Å². The number of ether oxygens (including phenoxy) is 1. The van der Waals surface area contributed by atoms with Crippen molar-refractivity contribution in [1.82, 2.24) is 0 Å². The number of halogens is 1. The fourth-order valence-electron chi connectivity index (χ4n) is 2.64. The smallest absolute Gasteiger partial charge is 0.339 e. The zero-order valence-corrected chi connectivity index (χ0v) is 15.9. The van der Waals surface area contributed by atoms with Crippen LogP contribution in [0.2, 0.25) is 0 Å². The van der Waals surface area contributed by atoms with E-state index in [-0.39, 0.29) is 17.1 Å². The van der Waals surface area contributed by atoms with Crippen LogP contribution in [0.15, 0.2) is 83.8 Å². The summed E-state index contributed by atoms with van der Waals surface area (Å²) in [5.41, 5.74) is 0.849. The molecule has 28 heavy (non-hydrogen) atoms. The number of carbonyl (C=O) groups excluding carboxylic acids is 1. The molecule has 0 N–H and O–H groups in total. The fraction of sp³-hybridized carbons (Fsp3) is 0.0952. The largest absolute Gasteiger partial charge is 0.457 e. The number of anilines is 1. The third-order valence-corrected chi connectivity index (χ3v) is 5.97. The SMILES string of the molecule is CN(c1ccccc1)S(=O)(=O)c1ccccc1C(=O)OCc1cccc(F)c1. The van der Waals surface area contributed by atoms with Crippen molar-refractivity contribution >= 4 is 21.7 Å². The van der Waals surface area contributed by atoms with Gasteiger partial charge in [-0.25, -0.2) is 17.6 Å². The summed E-state index contributed by atoms with van der Waals surface area (Å²) in [5, 5.41) is 0. The lowest BCUT2D eigenvalue weighted by Gasteiger charge is -2.20. The van der Waals surface area contributed by atoms with Crippen molar-refractivity contribution in [3.8, 4) is 0 Å². The average Bonchev–Trinajstić information content (AvgIpc) is 2.72. The van der Waals surface area contributed by atoms with Crippen LogP contribution in [0.3, 0.4) is 0 Å². The van der Waals surface area contributed by atoms with Crippen LogP contribution in [0.4, 0.5) is 10.1 Å². The quantitative estimate of drug-likeness (QED) is 0.588. The molecule has 0 saturated carbocycles. The summed E-state index contributed by atoms with van der Waals surface area (Å²) >= 11 is 0. The van der Waals surface area contributed by atoms with E-state index in [1.165, 1.54) is 43.4 Å². The van der Waals surface area contributed by atoms with Gasteiger partial charge in [0.2, 0.25) is 0 Å². The maximum absolute atomic E-state index is 13.3. The number of rotatable bonds is 6. The molecule has 0 aliphatic rings. The zero-order chi connectivity index (χ0) is 20.1. The Kier molecular flexibility index (Phi) is 5.75. The Labute approximate surface area is 163 Å². The predicted octanol–water partition coefficient (Wildman–Crippen LogP) is 4.01. The second-order valence-electron chi connectivity index (χ2n) is 6.01. The minimum absolute atomic E-state index is 0.0818. The number of hydrogen-bond acceptors (Lipinski definition) is 4. The normalized spacial score (nSPS) is 11.1. The molecule has 0 spiro atoms. The first-order valence-corrected chi connectivity index (χ1v) is 9.88. The number of esters is 1. The summed E-state index contributed by atoms with van der Waals surface area (Å²) in [6.07, 6.45) is 0. The Hall–Kier alpha value is -3.19. The van der Waals surface area contributed by atoms with Gasteiger partial charge in [-0.05, 0) is 42.0 Å². The molecule has 7 heteroatoms. The monoisotopic (exact) mass is 399 g/mol. The maximum Gasteiger partial charge on any atom is 0.339 e. The third kappa shape index (κ3) is 4.20. The van der Waals surface area contributed by atoms with Gasteiger partial charge in [-0.1, -0.05) is 42.5 Å². The fourth-order valence-corrected chi connectivity index (χ4v) is 4.01. The van der Waals surface area contributed by atoms with Gasteiger partial charge in [-0.2, -0.15) is 0 Å². The molecule has 5 nitrogen and oxygen atoms in total. The highest BCUT2D eigenvalue weighted by molar-refractivity contribution is 7.92. The third-order valence-electron chi connectivity index (χ3n) is 4.12. The Balaban J connectivity index is 1.87. The van der Waals surface area contributed by atoms with Gasteiger partial charge in [0.25, 0.3) is 10.0 Å². The van der Waals surface area contributed by atoms with Crippen LogP contribution in [0.1, 0.15) is 15.9 Å². The van der Waals surface area contributed by atoms with Crippen molar-refractivity contribution in [1.29, 1.82) is 0 Å². The number of hydrogen-bond donors (Lipinski definition) is 0. The van der Waals surface area contributed by atoms with E-state index >= 15 is 0 Å². The number of nitrogens with zero attached hydrogens (tertiary/aromatic N) is 1. The first-order valence-electron chi connectivity index (χ1n) is 8.44. The van der Waals surface area contributed by atoms with Crippen LogP contribution in [-0.2, 0) is 21.4 Å². The lowest BCUT2D eigenvalue weighted by atomic mass is 10.2. The standard InChI is InChI=1S/C21H18FNO4S/c1-23(18-10-3-2-4-11-18)28(25,26)20-13-6-5-12-19(20)21(24)27-15-16-8-7-9-17(22)14-16/h2-14H,15H2,1H3. The minimum Gasteiger partial charge on any atom is -0.457 e. The Morgan fingerprint density at radius 3 is 2.36 bits per heavy atom. The summed E-state index contributed by atoms with van der Waals surface area (Å²) < 4.78 is 45.7. The molecule has 0 atom stereocenters. The van der Waals surface area contributed by atoms with Gasteiger partial charge in [0.1, 0.15) is 17.3 Å². The van der Waals surface area contributed by atoms with Crippen molar-refractivity contribution in [3.63, 3.8) is 0 Å². The molecule has 0 aliphatic carbocycles. The van der Waals surface area contributed by atoms with Gasteiger partial charge in [0.15, 0.2) is 0 Å². The summed E-state index contributed by atoms with van der Waals surface area (Å²) in [6, 6.07) is 20.0. The minimum atomic E-state index is -3.98. The van der Waals surface area contributed by atoms with Crippen LogP contribution in [0, 0.1) is 5.82 Å². The van der Waals surface area contributed by atoms with Crippen molar-refractivity contribution in [3.05, 3.63) is 95.8 Å². The molecule has 3 rings (SSSR count). The van der Waals surface area contributed by atoms with Gasteiger partial charge in [-0.15, -0.1) is 0 Å². The van der Waals surface area contributed by atoms with Crippen LogP contribution in [-0.4, -0.2) is 21.4 Å². The first kappa shape index (κ1) is 19.6. The van der Waals surface area contributed by atoms with Gasteiger partial charge < -0.3 is 4.74 Å². The van der Waals surface area contributed by atoms with Crippen molar-refractivity contribution in [2.75, 3.05) is 11.4 Å². The highest BCUT2D eigenvalue weighted by Crippen LogP contribution is 2.25. The van der Waals surface area contributed by atoms with E-state index < -0.39 is 21.8 Å². The molecule has 144 valence electrons. The van der Waals surface area contributed by atoms with Crippen LogP contribution >= 0.6 is 0 Å². The van der Waals surface area contributed by atoms with Crippen LogP contribution in [0.5, 0.6) is 0 Å². The van der Waals surface area contributed by atoms with Gasteiger partial charge in [0, 0.05) is 7.05 Å². The summed E-state index contributed by atoms with van der Waals surface area (Å²) in [5.74, 6) is -1.24. The van der Waals surface area contributed by atoms with E-state index in [1.807, 2.05) is 0 Å². The number of para-hydroxylation sites is 1. The summed E-state index contributed by atoms with van der Waals surface area (Å²) in [4.78, 5) is 12.4. The molecule has 0 heterocycles. The van der Waals surface area contributed by atoms with Gasteiger partial charge in [-0.3, -0.25) is 4.31 Å². The van der Waals surface area contributed by atoms with E-state index in [0.717, 1.165) is 4.31 Å². The average molecular weight is 399 g/mol. The van der Waals surface area contributed by atoms with E-state index in [0.29, 0.717) is 11.3 Å². The highest BCUT2D eigenvalue weighted by atomic mass is 32.2. The lowest BCUT2D eigenvalue weighted by molar-refractivity contribution is 0.0467. The van der Waals surface area contributed by atoms with Crippen molar-refractivity contribution in [2.45, 2.75) is 11.5 Å². The second-order valence-corrected chi connectivity index (χ2v) is 7.95. The molecule has 0 aliphatic heterocycles. The predicted molar refractivity (Wildman–Crippen MR) is 104 cm³/mol. The topological polar surface area (TPSA) is 63.7 Å². The Morgan fingerprint density at radius 2 is 1.64 bits per heavy atom. The van der Waals surface area contributed by atoms with Crippen LogP contribution in [0.25, 0.3) is 0 Å². The van der Waals surface area contributed by atoms with E-state index in [4.69, 9.17) is 4.74 Å². The molecule has 0 aromatic heterocycles. The van der Waals surface area contributed by atoms with Gasteiger partial charge in [0.05, 0.1) is 11.3 Å². The molecule has 0 amide bonds. The Bertz CT molecular complexity index is 1080. The maximum atomic E-state index is 13.3. The first-order chi connectivity index (χ1) is 13.4. The summed E-state index contributed by atoms with van der Waals surface area (Å²) in [7, 11) is -2.57. The molecule has 0 unspecified atom stereocenters. The van der Waals surface area contributed by atoms with E-state index in [1.54, 1.807) is 42.5 Å². The molecule has 0 bridgehead atoms. The molecule has 0 fully saturated rings. The second kappa shape index (κ2) is 8.22. The molecule has 3 aromatic carbocycles. The van der Waals surface area contributed by atoms with Crippen LogP contribution < -0.4 is 4.31 Å². The molecular weight excluding hydrogens is 381 g/mol. The lowest BCUT2D eigenvalue weighted by Crippen LogP contribution is -2.28. The number of benzene rings is 3. The number of sulfonamides is 1. The number of carbonyl (C=O) groups is 1. The van der Waals surface area contributed by atoms with E-state index in [2.05, 4.69) is 0 Å².